The molecule has 0 bridgehead atoms. The third-order valence-corrected chi connectivity index (χ3v) is 4.39. The largest absolute Gasteiger partial charge is 0.275 e. The van der Waals surface area contributed by atoms with Crippen molar-refractivity contribution < 1.29 is 4.79 Å². The van der Waals surface area contributed by atoms with Crippen LogP contribution < -0.4 is 0 Å². The molecule has 0 aliphatic rings. The highest BCUT2D eigenvalue weighted by atomic mass is 79.9. The van der Waals surface area contributed by atoms with E-state index >= 15 is 0 Å². The second kappa shape index (κ2) is 3.81. The Morgan fingerprint density at radius 2 is 2.14 bits per heavy atom. The normalized spacial score (nSPS) is 10.8. The van der Waals surface area contributed by atoms with Crippen LogP contribution in [0.1, 0.15) is 9.67 Å². The molecular formula is C9H3BrCl2OS. The molecule has 0 amide bonds. The van der Waals surface area contributed by atoms with Crippen molar-refractivity contribution in [3.8, 4) is 0 Å². The number of thiophene rings is 1. The summed E-state index contributed by atoms with van der Waals surface area (Å²) in [6, 6.07) is 5.67. The molecule has 0 spiro atoms. The minimum absolute atomic E-state index is 0.398. The lowest BCUT2D eigenvalue weighted by Gasteiger charge is -1.93. The summed E-state index contributed by atoms with van der Waals surface area (Å²) in [5.74, 6) is 0. The summed E-state index contributed by atoms with van der Waals surface area (Å²) in [6.07, 6.45) is 0. The molecule has 0 saturated carbocycles. The number of benzene rings is 1. The summed E-state index contributed by atoms with van der Waals surface area (Å²) in [5, 5.41) is 0.767. The first kappa shape index (κ1) is 10.4. The van der Waals surface area contributed by atoms with E-state index in [2.05, 4.69) is 15.9 Å². The molecule has 0 radical (unpaired) electrons. The van der Waals surface area contributed by atoms with Gasteiger partial charge in [0, 0.05) is 14.6 Å². The molecular weight excluding hydrogens is 307 g/mol. The van der Waals surface area contributed by atoms with Crippen LogP contribution in [0.15, 0.2) is 22.7 Å². The molecule has 0 saturated heterocycles. The summed E-state index contributed by atoms with van der Waals surface area (Å²) in [7, 11) is 0. The number of carbonyl (C=O) groups excluding carboxylic acids is 1. The lowest BCUT2D eigenvalue weighted by atomic mass is 10.2. The minimum Gasteiger partial charge on any atom is -0.275 e. The van der Waals surface area contributed by atoms with Crippen molar-refractivity contribution in [3.05, 3.63) is 32.6 Å². The van der Waals surface area contributed by atoms with E-state index in [4.69, 9.17) is 23.2 Å². The Labute approximate surface area is 103 Å². The van der Waals surface area contributed by atoms with Crippen molar-refractivity contribution in [1.29, 1.82) is 0 Å². The standard InChI is InChI=1S/C9H3BrCl2OS/c10-4-2-1-3-5-6(4)7(11)8(14-5)9(12)13/h1-3H. The molecule has 72 valence electrons. The second-order valence-electron chi connectivity index (χ2n) is 2.63. The zero-order chi connectivity index (χ0) is 10.3. The average Bonchev–Trinajstić information content (AvgIpc) is 2.45. The fourth-order valence-corrected chi connectivity index (χ4v) is 3.68. The van der Waals surface area contributed by atoms with Crippen LogP contribution in [0.3, 0.4) is 0 Å². The fourth-order valence-electron chi connectivity index (χ4n) is 1.20. The van der Waals surface area contributed by atoms with Gasteiger partial charge >= 0.3 is 0 Å². The molecule has 2 aromatic rings. The maximum atomic E-state index is 11.0. The molecule has 1 nitrogen and oxygen atoms in total. The monoisotopic (exact) mass is 308 g/mol. The van der Waals surface area contributed by atoms with Gasteiger partial charge in [0.05, 0.1) is 5.02 Å². The quantitative estimate of drug-likeness (QED) is 0.698. The second-order valence-corrected chi connectivity index (χ2v) is 5.26. The lowest BCUT2D eigenvalue weighted by Crippen LogP contribution is -1.81. The Kier molecular flexibility index (Phi) is 2.84. The topological polar surface area (TPSA) is 17.1 Å². The molecule has 0 unspecified atom stereocenters. The maximum absolute atomic E-state index is 11.0. The van der Waals surface area contributed by atoms with E-state index in [1.807, 2.05) is 18.2 Å². The van der Waals surface area contributed by atoms with E-state index in [0.717, 1.165) is 14.6 Å². The average molecular weight is 310 g/mol. The molecule has 14 heavy (non-hydrogen) atoms. The molecule has 5 heteroatoms. The smallest absolute Gasteiger partial charge is 0.263 e. The first-order valence-electron chi connectivity index (χ1n) is 3.67. The van der Waals surface area contributed by atoms with Crippen LogP contribution in [-0.4, -0.2) is 5.24 Å². The van der Waals surface area contributed by atoms with Crippen molar-refractivity contribution in [2.75, 3.05) is 0 Å². The zero-order valence-corrected chi connectivity index (χ0v) is 10.6. The fraction of sp³-hybridized carbons (Fsp3) is 0. The number of hydrogen-bond acceptors (Lipinski definition) is 2. The number of rotatable bonds is 1. The Morgan fingerprint density at radius 1 is 1.43 bits per heavy atom. The minimum atomic E-state index is -0.511. The van der Waals surface area contributed by atoms with Gasteiger partial charge < -0.3 is 0 Å². The van der Waals surface area contributed by atoms with Crippen LogP contribution in [0.25, 0.3) is 10.1 Å². The number of halogens is 3. The van der Waals surface area contributed by atoms with E-state index in [1.165, 1.54) is 11.3 Å². The van der Waals surface area contributed by atoms with Gasteiger partial charge in [0.15, 0.2) is 0 Å². The van der Waals surface area contributed by atoms with Crippen molar-refractivity contribution in [2.24, 2.45) is 0 Å². The van der Waals surface area contributed by atoms with Gasteiger partial charge in [0.2, 0.25) is 0 Å². The van der Waals surface area contributed by atoms with Crippen LogP contribution >= 0.6 is 50.5 Å². The SMILES string of the molecule is O=C(Cl)c1sc2cccc(Br)c2c1Cl. The van der Waals surface area contributed by atoms with E-state index in [9.17, 15) is 4.79 Å². The molecule has 1 heterocycles. The van der Waals surface area contributed by atoms with Gasteiger partial charge in [-0.3, -0.25) is 4.79 Å². The number of hydrogen-bond donors (Lipinski definition) is 0. The molecule has 0 fully saturated rings. The van der Waals surface area contributed by atoms with E-state index in [1.54, 1.807) is 0 Å². The van der Waals surface area contributed by atoms with Gasteiger partial charge in [-0.2, -0.15) is 0 Å². The third-order valence-electron chi connectivity index (χ3n) is 1.78. The molecule has 0 aliphatic heterocycles. The summed E-state index contributed by atoms with van der Waals surface area (Å²) < 4.78 is 1.83. The summed E-state index contributed by atoms with van der Waals surface area (Å²) in [4.78, 5) is 11.4. The van der Waals surface area contributed by atoms with Crippen molar-refractivity contribution in [1.82, 2.24) is 0 Å². The highest BCUT2D eigenvalue weighted by Crippen LogP contribution is 2.39. The van der Waals surface area contributed by atoms with Gasteiger partial charge in [0.25, 0.3) is 5.24 Å². The van der Waals surface area contributed by atoms with Gasteiger partial charge in [-0.25, -0.2) is 0 Å². The van der Waals surface area contributed by atoms with Crippen molar-refractivity contribution in [3.63, 3.8) is 0 Å². The van der Waals surface area contributed by atoms with Crippen LogP contribution in [-0.2, 0) is 0 Å². The molecule has 0 atom stereocenters. The van der Waals surface area contributed by atoms with E-state index in [-0.39, 0.29) is 0 Å². The maximum Gasteiger partial charge on any atom is 0.263 e. The molecule has 1 aromatic carbocycles. The van der Waals surface area contributed by atoms with Gasteiger partial charge in [-0.1, -0.05) is 33.6 Å². The number of carbonyl (C=O) groups is 1. The highest BCUT2D eigenvalue weighted by Gasteiger charge is 2.16. The van der Waals surface area contributed by atoms with Crippen LogP contribution in [0, 0.1) is 0 Å². The van der Waals surface area contributed by atoms with Gasteiger partial charge in [-0.15, -0.1) is 11.3 Å². The predicted molar refractivity (Wildman–Crippen MR) is 64.7 cm³/mol. The number of fused-ring (bicyclic) bond motifs is 1. The molecule has 0 N–H and O–H groups in total. The van der Waals surface area contributed by atoms with Crippen molar-refractivity contribution in [2.45, 2.75) is 0 Å². The van der Waals surface area contributed by atoms with Crippen molar-refractivity contribution >= 4 is 65.8 Å². The third kappa shape index (κ3) is 1.58. The van der Waals surface area contributed by atoms with Gasteiger partial charge in [0.1, 0.15) is 4.88 Å². The molecule has 1 aromatic heterocycles. The summed E-state index contributed by atoms with van der Waals surface area (Å²) >= 11 is 16.1. The van der Waals surface area contributed by atoms with Crippen LogP contribution in [0.4, 0.5) is 0 Å². The highest BCUT2D eigenvalue weighted by molar-refractivity contribution is 9.10. The Bertz CT molecular complexity index is 521. The van der Waals surface area contributed by atoms with E-state index < -0.39 is 5.24 Å². The van der Waals surface area contributed by atoms with E-state index in [0.29, 0.717) is 9.90 Å². The zero-order valence-electron chi connectivity index (χ0n) is 6.68. The lowest BCUT2D eigenvalue weighted by molar-refractivity contribution is 0.108. The Morgan fingerprint density at radius 3 is 2.71 bits per heavy atom. The Balaban J connectivity index is 2.87. The molecule has 2 rings (SSSR count). The van der Waals surface area contributed by atoms with Crippen LogP contribution in [0.5, 0.6) is 0 Å². The van der Waals surface area contributed by atoms with Gasteiger partial charge in [-0.05, 0) is 23.7 Å². The molecule has 0 aliphatic carbocycles. The van der Waals surface area contributed by atoms with Crippen LogP contribution in [0.2, 0.25) is 5.02 Å². The summed E-state index contributed by atoms with van der Waals surface area (Å²) in [6.45, 7) is 0. The summed E-state index contributed by atoms with van der Waals surface area (Å²) in [5.41, 5.74) is 0. The Hall–Kier alpha value is -0.0900. The first-order valence-corrected chi connectivity index (χ1v) is 6.04. The predicted octanol–water partition coefficient (Wildman–Crippen LogP) is 4.70. The first-order chi connectivity index (χ1) is 6.61.